The summed E-state index contributed by atoms with van der Waals surface area (Å²) in [7, 11) is 0. The molecule has 0 unspecified atom stereocenters. The SMILES string of the molecule is Clc1cc(Cl)cc(SNc2ccc3cc[nH]c3c2)c1. The highest BCUT2D eigenvalue weighted by Crippen LogP contribution is 2.28. The van der Waals surface area contributed by atoms with E-state index in [1.54, 1.807) is 6.07 Å². The van der Waals surface area contributed by atoms with Gasteiger partial charge in [0.25, 0.3) is 0 Å². The van der Waals surface area contributed by atoms with E-state index in [0.29, 0.717) is 10.0 Å². The van der Waals surface area contributed by atoms with Crippen LogP contribution >= 0.6 is 35.1 Å². The Hall–Kier alpha value is -1.29. The molecule has 19 heavy (non-hydrogen) atoms. The quantitative estimate of drug-likeness (QED) is 0.617. The Bertz CT molecular complexity index is 704. The largest absolute Gasteiger partial charge is 0.361 e. The second-order valence-corrected chi connectivity index (χ2v) is 5.84. The van der Waals surface area contributed by atoms with Gasteiger partial charge in [0, 0.05) is 32.3 Å². The van der Waals surface area contributed by atoms with Crippen LogP contribution in [-0.2, 0) is 0 Å². The number of anilines is 1. The molecule has 1 heterocycles. The summed E-state index contributed by atoms with van der Waals surface area (Å²) in [6.07, 6.45) is 1.93. The number of halogens is 2. The van der Waals surface area contributed by atoms with Crippen LogP contribution in [0.5, 0.6) is 0 Å². The Morgan fingerprint density at radius 1 is 0.947 bits per heavy atom. The zero-order valence-corrected chi connectivity index (χ0v) is 12.1. The van der Waals surface area contributed by atoms with Crippen molar-refractivity contribution in [2.24, 2.45) is 0 Å². The summed E-state index contributed by atoms with van der Waals surface area (Å²) in [5, 5.41) is 2.47. The van der Waals surface area contributed by atoms with Gasteiger partial charge in [-0.2, -0.15) is 0 Å². The molecule has 0 aliphatic heterocycles. The molecular weight excluding hydrogens is 299 g/mol. The van der Waals surface area contributed by atoms with Crippen LogP contribution < -0.4 is 4.72 Å². The van der Waals surface area contributed by atoms with Crippen LogP contribution in [0.15, 0.2) is 53.6 Å². The van der Waals surface area contributed by atoms with Crippen molar-refractivity contribution < 1.29 is 0 Å². The number of benzene rings is 2. The Kier molecular flexibility index (Phi) is 3.60. The van der Waals surface area contributed by atoms with Gasteiger partial charge in [-0.05, 0) is 53.7 Å². The summed E-state index contributed by atoms with van der Waals surface area (Å²) >= 11 is 13.4. The van der Waals surface area contributed by atoms with Gasteiger partial charge in [-0.25, -0.2) is 0 Å². The van der Waals surface area contributed by atoms with Crippen molar-refractivity contribution in [1.29, 1.82) is 0 Å². The molecule has 2 N–H and O–H groups in total. The van der Waals surface area contributed by atoms with Gasteiger partial charge in [0.05, 0.1) is 0 Å². The van der Waals surface area contributed by atoms with E-state index >= 15 is 0 Å². The van der Waals surface area contributed by atoms with E-state index in [1.165, 1.54) is 17.3 Å². The second-order valence-electron chi connectivity index (χ2n) is 4.09. The molecule has 0 atom stereocenters. The van der Waals surface area contributed by atoms with Gasteiger partial charge < -0.3 is 9.71 Å². The third-order valence-electron chi connectivity index (χ3n) is 2.68. The topological polar surface area (TPSA) is 27.8 Å². The molecule has 0 saturated heterocycles. The molecule has 5 heteroatoms. The van der Waals surface area contributed by atoms with Gasteiger partial charge in [0.1, 0.15) is 0 Å². The van der Waals surface area contributed by atoms with Crippen molar-refractivity contribution in [3.8, 4) is 0 Å². The lowest BCUT2D eigenvalue weighted by Gasteiger charge is -2.06. The van der Waals surface area contributed by atoms with E-state index in [-0.39, 0.29) is 0 Å². The Morgan fingerprint density at radius 2 is 1.74 bits per heavy atom. The number of aromatic amines is 1. The lowest BCUT2D eigenvalue weighted by Crippen LogP contribution is -1.86. The van der Waals surface area contributed by atoms with Crippen molar-refractivity contribution in [2.45, 2.75) is 4.90 Å². The van der Waals surface area contributed by atoms with Crippen molar-refractivity contribution in [3.05, 3.63) is 58.7 Å². The summed E-state index contributed by atoms with van der Waals surface area (Å²) in [6, 6.07) is 13.7. The van der Waals surface area contributed by atoms with Gasteiger partial charge in [0.2, 0.25) is 0 Å². The summed E-state index contributed by atoms with van der Waals surface area (Å²) in [5.41, 5.74) is 2.13. The third kappa shape index (κ3) is 3.00. The average molecular weight is 309 g/mol. The molecule has 0 fully saturated rings. The van der Waals surface area contributed by atoms with E-state index in [2.05, 4.69) is 21.8 Å². The van der Waals surface area contributed by atoms with Gasteiger partial charge in [-0.3, -0.25) is 0 Å². The predicted molar refractivity (Wildman–Crippen MR) is 84.2 cm³/mol. The molecule has 3 aromatic rings. The third-order valence-corrected chi connectivity index (χ3v) is 3.92. The fourth-order valence-electron chi connectivity index (χ4n) is 1.82. The average Bonchev–Trinajstić information content (AvgIpc) is 2.82. The van der Waals surface area contributed by atoms with E-state index in [4.69, 9.17) is 23.2 Å². The first-order valence-corrected chi connectivity index (χ1v) is 7.24. The smallest absolute Gasteiger partial charge is 0.0474 e. The normalized spacial score (nSPS) is 10.8. The fraction of sp³-hybridized carbons (Fsp3) is 0. The molecule has 0 amide bonds. The first kappa shape index (κ1) is 12.7. The Balaban J connectivity index is 1.77. The van der Waals surface area contributed by atoms with Crippen LogP contribution in [0.4, 0.5) is 5.69 Å². The number of aromatic nitrogens is 1. The van der Waals surface area contributed by atoms with Gasteiger partial charge in [0.15, 0.2) is 0 Å². The van der Waals surface area contributed by atoms with Gasteiger partial charge >= 0.3 is 0 Å². The van der Waals surface area contributed by atoms with Crippen LogP contribution in [0.3, 0.4) is 0 Å². The van der Waals surface area contributed by atoms with Crippen molar-refractivity contribution in [3.63, 3.8) is 0 Å². The minimum atomic E-state index is 0.636. The maximum Gasteiger partial charge on any atom is 0.0474 e. The molecule has 1 aromatic heterocycles. The van der Waals surface area contributed by atoms with Gasteiger partial charge in [-0.1, -0.05) is 29.3 Å². The zero-order valence-electron chi connectivity index (χ0n) is 9.78. The fourth-order valence-corrected chi connectivity index (χ4v) is 3.21. The Morgan fingerprint density at radius 3 is 2.53 bits per heavy atom. The summed E-state index contributed by atoms with van der Waals surface area (Å²) in [5.74, 6) is 0. The number of H-pyrrole nitrogens is 1. The maximum absolute atomic E-state index is 5.96. The molecule has 0 spiro atoms. The lowest BCUT2D eigenvalue weighted by molar-refractivity contribution is 1.46. The van der Waals surface area contributed by atoms with Crippen molar-refractivity contribution in [2.75, 3.05) is 4.72 Å². The van der Waals surface area contributed by atoms with E-state index in [0.717, 1.165) is 16.1 Å². The predicted octanol–water partition coefficient (Wildman–Crippen LogP) is 5.59. The number of hydrogen-bond donors (Lipinski definition) is 2. The minimum absolute atomic E-state index is 0.636. The van der Waals surface area contributed by atoms with Crippen LogP contribution in [0.2, 0.25) is 10.0 Å². The first-order valence-electron chi connectivity index (χ1n) is 5.67. The van der Waals surface area contributed by atoms with Gasteiger partial charge in [-0.15, -0.1) is 0 Å². The van der Waals surface area contributed by atoms with E-state index in [1.807, 2.05) is 30.5 Å². The molecule has 0 radical (unpaired) electrons. The van der Waals surface area contributed by atoms with E-state index < -0.39 is 0 Å². The summed E-state index contributed by atoms with van der Waals surface area (Å²) in [4.78, 5) is 4.16. The highest BCUT2D eigenvalue weighted by molar-refractivity contribution is 8.00. The highest BCUT2D eigenvalue weighted by Gasteiger charge is 2.01. The molecule has 0 aliphatic rings. The molecule has 2 nitrogen and oxygen atoms in total. The second kappa shape index (κ2) is 5.37. The number of hydrogen-bond acceptors (Lipinski definition) is 2. The number of rotatable bonds is 3. The van der Waals surface area contributed by atoms with Crippen molar-refractivity contribution in [1.82, 2.24) is 4.98 Å². The molecule has 2 aromatic carbocycles. The van der Waals surface area contributed by atoms with Crippen LogP contribution in [0.25, 0.3) is 10.9 Å². The molecule has 96 valence electrons. The maximum atomic E-state index is 5.96. The van der Waals surface area contributed by atoms with E-state index in [9.17, 15) is 0 Å². The molecule has 0 aliphatic carbocycles. The number of fused-ring (bicyclic) bond motifs is 1. The van der Waals surface area contributed by atoms with Crippen LogP contribution in [0, 0.1) is 0 Å². The standard InChI is InChI=1S/C14H10Cl2N2S/c15-10-5-11(16)7-13(6-10)19-18-12-2-1-9-3-4-17-14(9)8-12/h1-8,17-18H. The summed E-state index contributed by atoms with van der Waals surface area (Å²) in [6.45, 7) is 0. The zero-order chi connectivity index (χ0) is 13.2. The lowest BCUT2D eigenvalue weighted by atomic mass is 10.2. The van der Waals surface area contributed by atoms with Crippen LogP contribution in [-0.4, -0.2) is 4.98 Å². The molecule has 3 rings (SSSR count). The van der Waals surface area contributed by atoms with Crippen LogP contribution in [0.1, 0.15) is 0 Å². The minimum Gasteiger partial charge on any atom is -0.361 e. The molecule has 0 bridgehead atoms. The first-order chi connectivity index (χ1) is 9.20. The van der Waals surface area contributed by atoms with Crippen molar-refractivity contribution >= 4 is 51.7 Å². The molecule has 0 saturated carbocycles. The molecular formula is C14H10Cl2N2S. The monoisotopic (exact) mass is 308 g/mol. The number of nitrogens with one attached hydrogen (secondary N) is 2. The highest BCUT2D eigenvalue weighted by atomic mass is 35.5. The Labute approximate surface area is 125 Å². The summed E-state index contributed by atoms with van der Waals surface area (Å²) < 4.78 is 3.28.